The fourth-order valence-electron chi connectivity index (χ4n) is 2.67. The van der Waals surface area contributed by atoms with Crippen molar-refractivity contribution in [3.05, 3.63) is 71.3 Å². The SMILES string of the molecule is CCN(Cc1ccccc1)C(=O)CNC(=O)c1ccc(C(C)(C)C)cc1. The van der Waals surface area contributed by atoms with E-state index in [4.69, 9.17) is 0 Å². The minimum Gasteiger partial charge on any atom is -0.343 e. The van der Waals surface area contributed by atoms with Gasteiger partial charge in [0.1, 0.15) is 0 Å². The molecule has 2 rings (SSSR count). The number of likely N-dealkylation sites (N-methyl/N-ethyl adjacent to an activating group) is 1. The number of hydrogen-bond acceptors (Lipinski definition) is 2. The van der Waals surface area contributed by atoms with E-state index < -0.39 is 0 Å². The van der Waals surface area contributed by atoms with Crippen molar-refractivity contribution >= 4 is 11.8 Å². The summed E-state index contributed by atoms with van der Waals surface area (Å²) in [6.07, 6.45) is 0. The normalized spacial score (nSPS) is 11.1. The summed E-state index contributed by atoms with van der Waals surface area (Å²) in [6.45, 7) is 9.48. The van der Waals surface area contributed by atoms with E-state index in [9.17, 15) is 9.59 Å². The molecule has 4 heteroatoms. The summed E-state index contributed by atoms with van der Waals surface area (Å²) in [5.41, 5.74) is 2.86. The number of amides is 2. The number of carbonyl (C=O) groups excluding carboxylic acids is 2. The van der Waals surface area contributed by atoms with Gasteiger partial charge in [-0.2, -0.15) is 0 Å². The van der Waals surface area contributed by atoms with Gasteiger partial charge in [-0.25, -0.2) is 0 Å². The first-order valence-corrected chi connectivity index (χ1v) is 9.01. The lowest BCUT2D eigenvalue weighted by Crippen LogP contribution is -2.39. The van der Waals surface area contributed by atoms with Crippen LogP contribution in [0.2, 0.25) is 0 Å². The highest BCUT2D eigenvalue weighted by atomic mass is 16.2. The number of carbonyl (C=O) groups is 2. The molecule has 0 aliphatic rings. The molecule has 2 aromatic carbocycles. The molecule has 0 bridgehead atoms. The number of nitrogens with zero attached hydrogens (tertiary/aromatic N) is 1. The lowest BCUT2D eigenvalue weighted by atomic mass is 9.87. The third-order valence-electron chi connectivity index (χ3n) is 4.36. The van der Waals surface area contributed by atoms with Crippen LogP contribution in [-0.4, -0.2) is 29.8 Å². The molecule has 4 nitrogen and oxygen atoms in total. The van der Waals surface area contributed by atoms with Crippen molar-refractivity contribution in [2.75, 3.05) is 13.1 Å². The van der Waals surface area contributed by atoms with Crippen LogP contribution in [0.3, 0.4) is 0 Å². The first kappa shape index (κ1) is 19.7. The summed E-state index contributed by atoms with van der Waals surface area (Å²) < 4.78 is 0. The quantitative estimate of drug-likeness (QED) is 0.860. The van der Waals surface area contributed by atoms with E-state index in [1.54, 1.807) is 4.90 Å². The van der Waals surface area contributed by atoms with Crippen LogP contribution >= 0.6 is 0 Å². The molecule has 1 N–H and O–H groups in total. The Balaban J connectivity index is 1.92. The molecule has 0 radical (unpaired) electrons. The van der Waals surface area contributed by atoms with Crippen LogP contribution in [0.5, 0.6) is 0 Å². The van der Waals surface area contributed by atoms with Gasteiger partial charge in [0.05, 0.1) is 6.54 Å². The lowest BCUT2D eigenvalue weighted by Gasteiger charge is -2.21. The minimum absolute atomic E-state index is 0.000525. The molecule has 2 aromatic rings. The van der Waals surface area contributed by atoms with E-state index in [0.717, 1.165) is 5.56 Å². The third-order valence-corrected chi connectivity index (χ3v) is 4.36. The second-order valence-corrected chi connectivity index (χ2v) is 7.40. The van der Waals surface area contributed by atoms with Gasteiger partial charge in [-0.05, 0) is 35.6 Å². The average Bonchev–Trinajstić information content (AvgIpc) is 2.64. The van der Waals surface area contributed by atoms with Gasteiger partial charge in [0.15, 0.2) is 0 Å². The standard InChI is InChI=1S/C22H28N2O2/c1-5-24(16-17-9-7-6-8-10-17)20(25)15-23-21(26)18-11-13-19(14-12-18)22(2,3)4/h6-14H,5,15-16H2,1-4H3,(H,23,26). The maximum absolute atomic E-state index is 12.4. The molecular weight excluding hydrogens is 324 g/mol. The van der Waals surface area contributed by atoms with Crippen molar-refractivity contribution in [3.8, 4) is 0 Å². The van der Waals surface area contributed by atoms with Crippen molar-refractivity contribution < 1.29 is 9.59 Å². The van der Waals surface area contributed by atoms with Gasteiger partial charge < -0.3 is 10.2 Å². The summed E-state index contributed by atoms with van der Waals surface area (Å²) in [5, 5.41) is 2.73. The van der Waals surface area contributed by atoms with Crippen molar-refractivity contribution in [2.45, 2.75) is 39.7 Å². The zero-order valence-corrected chi connectivity index (χ0v) is 16.1. The Morgan fingerprint density at radius 3 is 2.12 bits per heavy atom. The van der Waals surface area contributed by atoms with E-state index in [2.05, 4.69) is 26.1 Å². The fourth-order valence-corrected chi connectivity index (χ4v) is 2.67. The first-order chi connectivity index (χ1) is 12.3. The summed E-state index contributed by atoms with van der Waals surface area (Å²) in [6, 6.07) is 17.4. The Hall–Kier alpha value is -2.62. The van der Waals surface area contributed by atoms with Gasteiger partial charge in [-0.3, -0.25) is 9.59 Å². The topological polar surface area (TPSA) is 49.4 Å². The van der Waals surface area contributed by atoms with Crippen molar-refractivity contribution in [2.24, 2.45) is 0 Å². The predicted molar refractivity (Wildman–Crippen MR) is 105 cm³/mol. The van der Waals surface area contributed by atoms with Crippen LogP contribution in [0.1, 0.15) is 49.2 Å². The van der Waals surface area contributed by atoms with Gasteiger partial charge in [0, 0.05) is 18.7 Å². The second kappa shape index (κ2) is 8.65. The number of rotatable bonds is 6. The largest absolute Gasteiger partial charge is 0.343 e. The Morgan fingerprint density at radius 1 is 0.962 bits per heavy atom. The molecule has 0 saturated heterocycles. The minimum atomic E-state index is -0.227. The van der Waals surface area contributed by atoms with Crippen molar-refractivity contribution in [1.29, 1.82) is 0 Å². The highest BCUT2D eigenvalue weighted by Gasteiger charge is 2.16. The predicted octanol–water partition coefficient (Wildman–Crippen LogP) is 3.76. The Kier molecular flexibility index (Phi) is 6.56. The van der Waals surface area contributed by atoms with Crippen molar-refractivity contribution in [1.82, 2.24) is 10.2 Å². The van der Waals surface area contributed by atoms with E-state index in [-0.39, 0.29) is 23.8 Å². The van der Waals surface area contributed by atoms with Gasteiger partial charge in [-0.1, -0.05) is 63.2 Å². The van der Waals surface area contributed by atoms with Gasteiger partial charge >= 0.3 is 0 Å². The van der Waals surface area contributed by atoms with E-state index >= 15 is 0 Å². The summed E-state index contributed by atoms with van der Waals surface area (Å²) in [5.74, 6) is -0.314. The van der Waals surface area contributed by atoms with Crippen LogP contribution in [0, 0.1) is 0 Å². The van der Waals surface area contributed by atoms with Crippen LogP contribution < -0.4 is 5.32 Å². The lowest BCUT2D eigenvalue weighted by molar-refractivity contribution is -0.130. The van der Waals surface area contributed by atoms with Crippen LogP contribution in [0.25, 0.3) is 0 Å². The molecular formula is C22H28N2O2. The molecule has 0 spiro atoms. The third kappa shape index (κ3) is 5.45. The average molecular weight is 352 g/mol. The second-order valence-electron chi connectivity index (χ2n) is 7.40. The van der Waals surface area contributed by atoms with Gasteiger partial charge in [0.25, 0.3) is 5.91 Å². The van der Waals surface area contributed by atoms with Crippen LogP contribution in [0.4, 0.5) is 0 Å². The maximum atomic E-state index is 12.4. The van der Waals surface area contributed by atoms with Gasteiger partial charge in [0.2, 0.25) is 5.91 Å². The first-order valence-electron chi connectivity index (χ1n) is 9.01. The van der Waals surface area contributed by atoms with E-state index in [0.29, 0.717) is 18.7 Å². The Bertz CT molecular complexity index is 731. The maximum Gasteiger partial charge on any atom is 0.251 e. The highest BCUT2D eigenvalue weighted by Crippen LogP contribution is 2.22. The molecule has 0 saturated carbocycles. The van der Waals surface area contributed by atoms with Gasteiger partial charge in [-0.15, -0.1) is 0 Å². The van der Waals surface area contributed by atoms with E-state index in [1.807, 2.05) is 61.5 Å². The molecule has 138 valence electrons. The highest BCUT2D eigenvalue weighted by molar-refractivity contribution is 5.96. The molecule has 0 atom stereocenters. The Morgan fingerprint density at radius 2 is 1.58 bits per heavy atom. The smallest absolute Gasteiger partial charge is 0.251 e. The summed E-state index contributed by atoms with van der Waals surface area (Å²) >= 11 is 0. The Labute approximate surface area is 156 Å². The molecule has 2 amide bonds. The number of benzene rings is 2. The van der Waals surface area contributed by atoms with Crippen molar-refractivity contribution in [3.63, 3.8) is 0 Å². The van der Waals surface area contributed by atoms with E-state index in [1.165, 1.54) is 5.56 Å². The molecule has 0 aliphatic carbocycles. The monoisotopic (exact) mass is 352 g/mol. The molecule has 26 heavy (non-hydrogen) atoms. The summed E-state index contributed by atoms with van der Waals surface area (Å²) in [4.78, 5) is 26.4. The van der Waals surface area contributed by atoms with Crippen LogP contribution in [0.15, 0.2) is 54.6 Å². The summed E-state index contributed by atoms with van der Waals surface area (Å²) in [7, 11) is 0. The zero-order chi connectivity index (χ0) is 19.2. The molecule has 0 heterocycles. The molecule has 0 aromatic heterocycles. The van der Waals surface area contributed by atoms with Crippen LogP contribution in [-0.2, 0) is 16.8 Å². The number of hydrogen-bond donors (Lipinski definition) is 1. The molecule has 0 fully saturated rings. The number of nitrogens with one attached hydrogen (secondary N) is 1. The molecule has 0 aliphatic heterocycles. The fraction of sp³-hybridized carbons (Fsp3) is 0.364. The molecule has 0 unspecified atom stereocenters. The zero-order valence-electron chi connectivity index (χ0n) is 16.1.